The van der Waals surface area contributed by atoms with Gasteiger partial charge in [-0.15, -0.1) is 0 Å². The van der Waals surface area contributed by atoms with Crippen molar-refractivity contribution in [1.29, 1.82) is 0 Å². The standard InChI is InChI=1S/C14H12BrClN2O2/c15-7-9-5-13(19)18(8-9)14-6-12(17-20-14)10-3-1-2-4-11(10)16/h1-4,6,9H,5,7-8H2. The summed E-state index contributed by atoms with van der Waals surface area (Å²) in [5, 5.41) is 5.43. The number of amides is 1. The first kappa shape index (κ1) is 13.6. The molecule has 2 aromatic rings. The summed E-state index contributed by atoms with van der Waals surface area (Å²) < 4.78 is 5.30. The van der Waals surface area contributed by atoms with Crippen molar-refractivity contribution in [3.63, 3.8) is 0 Å². The minimum absolute atomic E-state index is 0.0660. The zero-order valence-corrected chi connectivity index (χ0v) is 12.9. The second-order valence-corrected chi connectivity index (χ2v) is 5.81. The van der Waals surface area contributed by atoms with E-state index in [0.717, 1.165) is 10.9 Å². The number of hydrogen-bond acceptors (Lipinski definition) is 3. The van der Waals surface area contributed by atoms with Gasteiger partial charge in [-0.25, -0.2) is 0 Å². The van der Waals surface area contributed by atoms with Crippen molar-refractivity contribution in [3.8, 4) is 11.3 Å². The van der Waals surface area contributed by atoms with Crippen LogP contribution in [0, 0.1) is 5.92 Å². The van der Waals surface area contributed by atoms with Gasteiger partial charge in [-0.3, -0.25) is 9.69 Å². The van der Waals surface area contributed by atoms with Crippen LogP contribution in [0.2, 0.25) is 5.02 Å². The van der Waals surface area contributed by atoms with Gasteiger partial charge in [0.05, 0.1) is 5.02 Å². The number of alkyl halides is 1. The van der Waals surface area contributed by atoms with Gasteiger partial charge in [0.1, 0.15) is 5.69 Å². The van der Waals surface area contributed by atoms with Gasteiger partial charge in [0, 0.05) is 29.9 Å². The molecule has 1 fully saturated rings. The van der Waals surface area contributed by atoms with Gasteiger partial charge in [-0.05, 0) is 12.0 Å². The van der Waals surface area contributed by atoms with E-state index in [9.17, 15) is 4.79 Å². The van der Waals surface area contributed by atoms with Gasteiger partial charge in [0.25, 0.3) is 0 Å². The summed E-state index contributed by atoms with van der Waals surface area (Å²) in [6.07, 6.45) is 0.535. The van der Waals surface area contributed by atoms with Gasteiger partial charge >= 0.3 is 0 Å². The van der Waals surface area contributed by atoms with Crippen LogP contribution in [-0.2, 0) is 4.79 Å². The van der Waals surface area contributed by atoms with E-state index in [1.165, 1.54) is 0 Å². The summed E-state index contributed by atoms with van der Waals surface area (Å²) in [6, 6.07) is 9.18. The number of hydrogen-bond donors (Lipinski definition) is 0. The minimum atomic E-state index is 0.0660. The van der Waals surface area contributed by atoms with E-state index >= 15 is 0 Å². The zero-order valence-electron chi connectivity index (χ0n) is 10.6. The average Bonchev–Trinajstić information content (AvgIpc) is 3.05. The molecule has 0 saturated carbocycles. The summed E-state index contributed by atoms with van der Waals surface area (Å²) in [7, 11) is 0. The van der Waals surface area contributed by atoms with Crippen LogP contribution in [-0.4, -0.2) is 22.9 Å². The Morgan fingerprint density at radius 3 is 2.95 bits per heavy atom. The number of anilines is 1. The summed E-state index contributed by atoms with van der Waals surface area (Å²) >= 11 is 9.55. The number of rotatable bonds is 3. The molecule has 1 aliphatic heterocycles. The largest absolute Gasteiger partial charge is 0.338 e. The van der Waals surface area contributed by atoms with Crippen LogP contribution in [0.5, 0.6) is 0 Å². The Morgan fingerprint density at radius 2 is 2.25 bits per heavy atom. The van der Waals surface area contributed by atoms with Gasteiger partial charge in [0.2, 0.25) is 11.8 Å². The van der Waals surface area contributed by atoms with Gasteiger partial charge in [0.15, 0.2) is 0 Å². The highest BCUT2D eigenvalue weighted by Crippen LogP contribution is 2.32. The van der Waals surface area contributed by atoms with E-state index in [-0.39, 0.29) is 5.91 Å². The van der Waals surface area contributed by atoms with Crippen molar-refractivity contribution in [3.05, 3.63) is 35.4 Å². The van der Waals surface area contributed by atoms with Crippen molar-refractivity contribution in [2.75, 3.05) is 16.8 Å². The Labute approximate surface area is 129 Å². The highest BCUT2D eigenvalue weighted by atomic mass is 79.9. The average molecular weight is 356 g/mol. The van der Waals surface area contributed by atoms with Crippen molar-refractivity contribution < 1.29 is 9.32 Å². The predicted octanol–water partition coefficient (Wildman–Crippen LogP) is 3.74. The summed E-state index contributed by atoms with van der Waals surface area (Å²) in [5.41, 5.74) is 1.44. The number of halogens is 2. The molecule has 0 bridgehead atoms. The van der Waals surface area contributed by atoms with E-state index < -0.39 is 0 Å². The third-order valence-corrected chi connectivity index (χ3v) is 4.58. The van der Waals surface area contributed by atoms with Crippen LogP contribution in [0.3, 0.4) is 0 Å². The molecule has 4 nitrogen and oxygen atoms in total. The lowest BCUT2D eigenvalue weighted by Crippen LogP contribution is -2.24. The molecule has 1 atom stereocenters. The lowest BCUT2D eigenvalue weighted by molar-refractivity contribution is -0.117. The first-order valence-corrected chi connectivity index (χ1v) is 7.77. The molecule has 1 saturated heterocycles. The number of carbonyl (C=O) groups excluding carboxylic acids is 1. The van der Waals surface area contributed by atoms with Gasteiger partial charge in [-0.2, -0.15) is 0 Å². The number of benzene rings is 1. The summed E-state index contributed by atoms with van der Waals surface area (Å²) in [4.78, 5) is 13.6. The molecule has 3 rings (SSSR count). The molecule has 2 heterocycles. The molecule has 20 heavy (non-hydrogen) atoms. The van der Waals surface area contributed by atoms with Crippen LogP contribution < -0.4 is 4.90 Å². The van der Waals surface area contributed by atoms with Crippen molar-refractivity contribution in [2.24, 2.45) is 5.92 Å². The zero-order chi connectivity index (χ0) is 14.1. The van der Waals surface area contributed by atoms with Gasteiger partial charge in [-0.1, -0.05) is 50.9 Å². The third kappa shape index (κ3) is 2.47. The number of aromatic nitrogens is 1. The normalized spacial score (nSPS) is 18.8. The number of carbonyl (C=O) groups is 1. The van der Waals surface area contributed by atoms with E-state index in [1.54, 1.807) is 17.0 Å². The van der Waals surface area contributed by atoms with E-state index in [1.807, 2.05) is 18.2 Å². The minimum Gasteiger partial charge on any atom is -0.338 e. The van der Waals surface area contributed by atoms with Crippen LogP contribution >= 0.6 is 27.5 Å². The maximum absolute atomic E-state index is 11.9. The highest BCUT2D eigenvalue weighted by Gasteiger charge is 2.32. The lowest BCUT2D eigenvalue weighted by Gasteiger charge is -2.10. The Morgan fingerprint density at radius 1 is 1.45 bits per heavy atom. The molecule has 0 N–H and O–H groups in total. The monoisotopic (exact) mass is 354 g/mol. The molecule has 0 aliphatic carbocycles. The number of nitrogens with zero attached hydrogens (tertiary/aromatic N) is 2. The molecule has 1 amide bonds. The fourth-order valence-corrected chi connectivity index (χ4v) is 2.95. The molecule has 1 aliphatic rings. The molecule has 1 aromatic heterocycles. The molecule has 104 valence electrons. The van der Waals surface area contributed by atoms with E-state index in [2.05, 4.69) is 21.1 Å². The van der Waals surface area contributed by atoms with Gasteiger partial charge < -0.3 is 4.52 Å². The van der Waals surface area contributed by atoms with Crippen LogP contribution in [0.15, 0.2) is 34.9 Å². The molecule has 6 heteroatoms. The second kappa shape index (κ2) is 5.58. The quantitative estimate of drug-likeness (QED) is 0.788. The van der Waals surface area contributed by atoms with Crippen LogP contribution in [0.4, 0.5) is 5.88 Å². The molecule has 1 aromatic carbocycles. The van der Waals surface area contributed by atoms with E-state index in [4.69, 9.17) is 16.1 Å². The maximum Gasteiger partial charge on any atom is 0.234 e. The second-order valence-electron chi connectivity index (χ2n) is 4.76. The Hall–Kier alpha value is -1.33. The Balaban J connectivity index is 1.88. The Kier molecular flexibility index (Phi) is 3.81. The van der Waals surface area contributed by atoms with Crippen molar-refractivity contribution >= 4 is 39.3 Å². The molecular weight excluding hydrogens is 344 g/mol. The fourth-order valence-electron chi connectivity index (χ4n) is 2.29. The SMILES string of the molecule is O=C1CC(CBr)CN1c1cc(-c2ccccc2Cl)no1. The van der Waals surface area contributed by atoms with Crippen molar-refractivity contribution in [1.82, 2.24) is 5.16 Å². The highest BCUT2D eigenvalue weighted by molar-refractivity contribution is 9.09. The first-order chi connectivity index (χ1) is 9.69. The molecule has 1 unspecified atom stereocenters. The Bertz CT molecular complexity index is 644. The maximum atomic E-state index is 11.9. The molecular formula is C14H12BrClN2O2. The molecule has 0 spiro atoms. The molecule has 0 radical (unpaired) electrons. The van der Waals surface area contributed by atoms with E-state index in [0.29, 0.717) is 35.5 Å². The van der Waals surface area contributed by atoms with Crippen LogP contribution in [0.25, 0.3) is 11.3 Å². The van der Waals surface area contributed by atoms with Crippen molar-refractivity contribution in [2.45, 2.75) is 6.42 Å². The smallest absolute Gasteiger partial charge is 0.234 e. The third-order valence-electron chi connectivity index (χ3n) is 3.34. The summed E-state index contributed by atoms with van der Waals surface area (Å²) in [5.74, 6) is 0.862. The first-order valence-electron chi connectivity index (χ1n) is 6.27. The summed E-state index contributed by atoms with van der Waals surface area (Å²) in [6.45, 7) is 0.654. The van der Waals surface area contributed by atoms with Crippen LogP contribution in [0.1, 0.15) is 6.42 Å². The lowest BCUT2D eigenvalue weighted by atomic mass is 10.1. The topological polar surface area (TPSA) is 46.3 Å². The fraction of sp³-hybridized carbons (Fsp3) is 0.286. The predicted molar refractivity (Wildman–Crippen MR) is 81.2 cm³/mol.